The Bertz CT molecular complexity index is 1040. The summed E-state index contributed by atoms with van der Waals surface area (Å²) in [4.78, 5) is 20.3. The summed E-state index contributed by atoms with van der Waals surface area (Å²) in [5.74, 6) is -2.69. The number of amides is 1. The van der Waals surface area contributed by atoms with Crippen molar-refractivity contribution in [3.63, 3.8) is 0 Å². The van der Waals surface area contributed by atoms with Crippen molar-refractivity contribution in [3.05, 3.63) is 59.4 Å². The van der Waals surface area contributed by atoms with E-state index < -0.39 is 34.4 Å². The maximum atomic E-state index is 16.1. The minimum absolute atomic E-state index is 0.00251. The molecule has 1 aromatic heterocycles. The topological polar surface area (TPSA) is 89.6 Å². The maximum absolute atomic E-state index is 16.1. The van der Waals surface area contributed by atoms with Crippen molar-refractivity contribution in [2.75, 3.05) is 17.7 Å². The number of rotatable bonds is 3. The zero-order chi connectivity index (χ0) is 21.5. The maximum Gasteiger partial charge on any atom is 0.277 e. The molecular formula is C20H19F3N4O2S. The van der Waals surface area contributed by atoms with Gasteiger partial charge in [0.15, 0.2) is 22.3 Å². The van der Waals surface area contributed by atoms with Gasteiger partial charge in [0, 0.05) is 23.9 Å². The van der Waals surface area contributed by atoms with Crippen molar-refractivity contribution < 1.29 is 22.7 Å². The highest BCUT2D eigenvalue weighted by molar-refractivity contribution is 8.13. The van der Waals surface area contributed by atoms with E-state index in [2.05, 4.69) is 15.3 Å². The van der Waals surface area contributed by atoms with Crippen LogP contribution in [0.3, 0.4) is 0 Å². The van der Waals surface area contributed by atoms with E-state index in [0.717, 1.165) is 18.0 Å². The Morgan fingerprint density at radius 3 is 2.93 bits per heavy atom. The number of hydrogen-bond donors (Lipinski definition) is 2. The number of benzene rings is 1. The van der Waals surface area contributed by atoms with E-state index >= 15 is 4.39 Å². The molecule has 0 unspecified atom stereocenters. The zero-order valence-corrected chi connectivity index (χ0v) is 16.8. The number of aromatic nitrogens is 1. The number of fused-ring (bicyclic) bond motifs is 1. The zero-order valence-electron chi connectivity index (χ0n) is 16.0. The number of nitrogens with one attached hydrogen (secondary N) is 1. The van der Waals surface area contributed by atoms with Crippen LogP contribution in [0.15, 0.2) is 41.5 Å². The van der Waals surface area contributed by atoms with Crippen molar-refractivity contribution in [2.45, 2.75) is 30.7 Å². The molecule has 30 heavy (non-hydrogen) atoms. The van der Waals surface area contributed by atoms with Gasteiger partial charge in [-0.2, -0.15) is 0 Å². The molecule has 0 bridgehead atoms. The van der Waals surface area contributed by atoms with E-state index in [4.69, 9.17) is 10.5 Å². The third-order valence-corrected chi connectivity index (χ3v) is 6.29. The van der Waals surface area contributed by atoms with Gasteiger partial charge in [0.1, 0.15) is 11.4 Å². The second kappa shape index (κ2) is 7.59. The Balaban J connectivity index is 1.68. The van der Waals surface area contributed by atoms with Crippen molar-refractivity contribution in [1.82, 2.24) is 4.98 Å². The lowest BCUT2D eigenvalue weighted by Gasteiger charge is -2.49. The molecule has 2 aliphatic heterocycles. The SMILES string of the molecule is C[C@H]1C[C@@]2(F)CSC(N)=N[C@@]2(c2cccc(NC(=O)c3ncc(F)cc3F)c2)CO1. The predicted octanol–water partition coefficient (Wildman–Crippen LogP) is 3.39. The fraction of sp³-hybridized carbons (Fsp3) is 0.350. The highest BCUT2D eigenvalue weighted by Crippen LogP contribution is 2.51. The Morgan fingerprint density at radius 1 is 1.37 bits per heavy atom. The fourth-order valence-electron chi connectivity index (χ4n) is 3.83. The third-order valence-electron chi connectivity index (χ3n) is 5.30. The number of nitrogens with zero attached hydrogens (tertiary/aromatic N) is 2. The molecule has 1 amide bonds. The smallest absolute Gasteiger partial charge is 0.277 e. The number of halogens is 3. The number of hydrogen-bond acceptors (Lipinski definition) is 6. The number of thioether (sulfide) groups is 1. The number of aliphatic imine (C=N–C) groups is 1. The summed E-state index contributed by atoms with van der Waals surface area (Å²) in [6.07, 6.45) is 0.634. The molecule has 0 aliphatic carbocycles. The number of amidine groups is 1. The van der Waals surface area contributed by atoms with Crippen LogP contribution in [0.1, 0.15) is 29.4 Å². The van der Waals surface area contributed by atoms with Crippen LogP contribution in [0.25, 0.3) is 0 Å². The molecule has 0 saturated carbocycles. The van der Waals surface area contributed by atoms with Crippen LogP contribution >= 0.6 is 11.8 Å². The molecule has 1 saturated heterocycles. The van der Waals surface area contributed by atoms with E-state index in [1.807, 2.05) is 0 Å². The van der Waals surface area contributed by atoms with Crippen LogP contribution in [-0.2, 0) is 10.3 Å². The fourth-order valence-corrected chi connectivity index (χ4v) is 4.78. The number of carbonyl (C=O) groups is 1. The average Bonchev–Trinajstić information content (AvgIpc) is 2.68. The van der Waals surface area contributed by atoms with E-state index in [1.54, 1.807) is 31.2 Å². The highest BCUT2D eigenvalue weighted by Gasteiger charge is 2.59. The molecule has 1 aromatic carbocycles. The van der Waals surface area contributed by atoms with Crippen LogP contribution in [0, 0.1) is 11.6 Å². The summed E-state index contributed by atoms with van der Waals surface area (Å²) >= 11 is 1.16. The van der Waals surface area contributed by atoms with Gasteiger partial charge in [0.05, 0.1) is 18.9 Å². The summed E-state index contributed by atoms with van der Waals surface area (Å²) in [6, 6.07) is 7.01. The van der Waals surface area contributed by atoms with Crippen LogP contribution in [0.5, 0.6) is 0 Å². The van der Waals surface area contributed by atoms with Gasteiger partial charge in [0.2, 0.25) is 0 Å². The Labute approximate surface area is 175 Å². The van der Waals surface area contributed by atoms with Gasteiger partial charge in [-0.3, -0.25) is 4.79 Å². The van der Waals surface area contributed by atoms with E-state index in [9.17, 15) is 13.6 Å². The van der Waals surface area contributed by atoms with Crippen molar-refractivity contribution in [1.29, 1.82) is 0 Å². The standard InChI is InChI=1S/C20H19F3N4O2S/c1-11-7-19(23)10-30-18(24)27-20(19,9-29-11)12-3-2-4-14(5-12)26-17(28)16-15(22)6-13(21)8-25-16/h2-6,8,11H,7,9-10H2,1H3,(H2,24,27)(H,26,28)/t11-,19+,20+/m0/s1. The van der Waals surface area contributed by atoms with Crippen LogP contribution in [0.2, 0.25) is 0 Å². The van der Waals surface area contributed by atoms with Crippen LogP contribution in [-0.4, -0.2) is 40.2 Å². The summed E-state index contributed by atoms with van der Waals surface area (Å²) in [5, 5.41) is 2.77. The molecule has 2 aromatic rings. The number of pyridine rings is 1. The second-order valence-electron chi connectivity index (χ2n) is 7.41. The van der Waals surface area contributed by atoms with Crippen molar-refractivity contribution >= 4 is 28.5 Å². The molecular weight excluding hydrogens is 417 g/mol. The summed E-state index contributed by atoms with van der Waals surface area (Å²) < 4.78 is 48.7. The molecule has 10 heteroatoms. The first kappa shape index (κ1) is 20.7. The Hall–Kier alpha value is -2.59. The molecule has 1 fully saturated rings. The first-order valence-electron chi connectivity index (χ1n) is 9.24. The highest BCUT2D eigenvalue weighted by atomic mass is 32.2. The van der Waals surface area contributed by atoms with Gasteiger partial charge in [-0.15, -0.1) is 0 Å². The van der Waals surface area contributed by atoms with Gasteiger partial charge in [-0.25, -0.2) is 23.1 Å². The van der Waals surface area contributed by atoms with Gasteiger partial charge >= 0.3 is 0 Å². The van der Waals surface area contributed by atoms with Crippen LogP contribution < -0.4 is 11.1 Å². The first-order valence-corrected chi connectivity index (χ1v) is 10.2. The molecule has 2 aliphatic rings. The van der Waals surface area contributed by atoms with Gasteiger partial charge in [-0.05, 0) is 24.6 Å². The number of anilines is 1. The molecule has 3 atom stereocenters. The lowest BCUT2D eigenvalue weighted by atomic mass is 9.73. The van der Waals surface area contributed by atoms with Gasteiger partial charge < -0.3 is 15.8 Å². The second-order valence-corrected chi connectivity index (χ2v) is 8.40. The third kappa shape index (κ3) is 3.54. The number of alkyl halides is 1. The normalized spacial score (nSPS) is 28.4. The van der Waals surface area contributed by atoms with Crippen LogP contribution in [0.4, 0.5) is 18.9 Å². The average molecular weight is 436 g/mol. The van der Waals surface area contributed by atoms with E-state index in [-0.39, 0.29) is 35.7 Å². The van der Waals surface area contributed by atoms with E-state index in [0.29, 0.717) is 11.6 Å². The van der Waals surface area contributed by atoms with E-state index in [1.165, 1.54) is 0 Å². The van der Waals surface area contributed by atoms with Gasteiger partial charge in [-0.1, -0.05) is 23.9 Å². The summed E-state index contributed by atoms with van der Waals surface area (Å²) in [5.41, 5.74) is 3.09. The summed E-state index contributed by atoms with van der Waals surface area (Å²) in [6.45, 7) is 1.80. The lowest BCUT2D eigenvalue weighted by Crippen LogP contribution is -2.60. The summed E-state index contributed by atoms with van der Waals surface area (Å²) in [7, 11) is 0. The van der Waals surface area contributed by atoms with Crippen molar-refractivity contribution in [2.24, 2.45) is 10.7 Å². The molecule has 3 N–H and O–H groups in total. The van der Waals surface area contributed by atoms with Gasteiger partial charge in [0.25, 0.3) is 5.91 Å². The Morgan fingerprint density at radius 2 is 2.17 bits per heavy atom. The molecule has 158 valence electrons. The minimum atomic E-state index is -1.69. The monoisotopic (exact) mass is 436 g/mol. The predicted molar refractivity (Wildman–Crippen MR) is 108 cm³/mol. The number of carbonyl (C=O) groups excluding carboxylic acids is 1. The number of ether oxygens (including phenoxy) is 1. The molecule has 0 spiro atoms. The largest absolute Gasteiger partial charge is 0.379 e. The molecule has 0 radical (unpaired) electrons. The Kier molecular flexibility index (Phi) is 5.23. The number of nitrogens with two attached hydrogens (primary N) is 1. The first-order chi connectivity index (χ1) is 14.2. The molecule has 4 rings (SSSR count). The van der Waals surface area contributed by atoms with Crippen molar-refractivity contribution in [3.8, 4) is 0 Å². The lowest BCUT2D eigenvalue weighted by molar-refractivity contribution is -0.106. The molecule has 6 nitrogen and oxygen atoms in total. The quantitative estimate of drug-likeness (QED) is 0.770. The minimum Gasteiger partial charge on any atom is -0.379 e. The molecule has 3 heterocycles.